The number of esters is 1. The lowest BCUT2D eigenvalue weighted by molar-refractivity contribution is -0.126. The fourth-order valence-electron chi connectivity index (χ4n) is 5.58. The van der Waals surface area contributed by atoms with Crippen LogP contribution in [0.25, 0.3) is 5.57 Å². The molecule has 7 heteroatoms. The molecule has 4 nitrogen and oxygen atoms in total. The topological polar surface area (TPSA) is 46.6 Å². The predicted octanol–water partition coefficient (Wildman–Crippen LogP) is 7.37. The molecule has 0 saturated carbocycles. The average molecular weight is 585 g/mol. The minimum atomic E-state index is -0.606. The highest BCUT2D eigenvalue weighted by Gasteiger charge is 2.57. The van der Waals surface area contributed by atoms with Gasteiger partial charge in [0.2, 0.25) is 0 Å². The Hall–Kier alpha value is -2.60. The summed E-state index contributed by atoms with van der Waals surface area (Å²) < 4.78 is 6.92. The third kappa shape index (κ3) is 4.60. The first-order valence-corrected chi connectivity index (χ1v) is 13.4. The van der Waals surface area contributed by atoms with E-state index in [0.29, 0.717) is 47.0 Å². The van der Waals surface area contributed by atoms with Crippen LogP contribution < -0.4 is 0 Å². The Bertz CT molecular complexity index is 1340. The van der Waals surface area contributed by atoms with Crippen LogP contribution >= 0.6 is 39.1 Å². The van der Waals surface area contributed by atoms with Crippen LogP contribution in [0, 0.1) is 0 Å². The minimum absolute atomic E-state index is 0.0828. The number of carbonyl (C=O) groups is 2. The van der Waals surface area contributed by atoms with Gasteiger partial charge in [-0.1, -0.05) is 76.4 Å². The molecule has 1 unspecified atom stereocenters. The molecule has 0 spiro atoms. The molecule has 2 heterocycles. The van der Waals surface area contributed by atoms with Crippen LogP contribution in [-0.4, -0.2) is 35.0 Å². The second kappa shape index (κ2) is 10.0. The molecule has 0 aliphatic carbocycles. The summed E-state index contributed by atoms with van der Waals surface area (Å²) in [5.41, 5.74) is 3.38. The summed E-state index contributed by atoms with van der Waals surface area (Å²) in [5.74, 6) is -0.461. The zero-order valence-electron chi connectivity index (χ0n) is 19.6. The largest absolute Gasteiger partial charge is 0.457 e. The van der Waals surface area contributed by atoms with Gasteiger partial charge in [0.15, 0.2) is 0 Å². The normalized spacial score (nSPS) is 21.2. The van der Waals surface area contributed by atoms with Crippen molar-refractivity contribution in [1.82, 2.24) is 4.90 Å². The average Bonchev–Trinajstić information content (AvgIpc) is 3.31. The van der Waals surface area contributed by atoms with Crippen LogP contribution in [0.4, 0.5) is 0 Å². The van der Waals surface area contributed by atoms with Gasteiger partial charge >= 0.3 is 5.97 Å². The Morgan fingerprint density at radius 1 is 1.06 bits per heavy atom. The first kappa shape index (κ1) is 25.1. The van der Waals surface area contributed by atoms with E-state index in [4.69, 9.17) is 27.9 Å². The van der Waals surface area contributed by atoms with Crippen molar-refractivity contribution in [3.8, 4) is 0 Å². The van der Waals surface area contributed by atoms with Gasteiger partial charge in [-0.25, -0.2) is 4.79 Å². The molecule has 3 aromatic carbocycles. The van der Waals surface area contributed by atoms with E-state index in [1.807, 2.05) is 35.2 Å². The Kier molecular flexibility index (Phi) is 6.99. The van der Waals surface area contributed by atoms with E-state index in [1.165, 1.54) is 0 Å². The zero-order chi connectivity index (χ0) is 25.4. The molecule has 1 fully saturated rings. The van der Waals surface area contributed by atoms with E-state index < -0.39 is 11.6 Å². The zero-order valence-corrected chi connectivity index (χ0v) is 22.7. The monoisotopic (exact) mass is 583 g/mol. The van der Waals surface area contributed by atoms with Gasteiger partial charge in [0.1, 0.15) is 6.10 Å². The number of fused-ring (bicyclic) bond motifs is 1. The number of ether oxygens (including phenoxy) is 1. The molecule has 2 aliphatic rings. The molecular formula is C29H24BrCl2NO3. The smallest absolute Gasteiger partial charge is 0.338 e. The van der Waals surface area contributed by atoms with Crippen molar-refractivity contribution in [2.24, 2.45) is 0 Å². The van der Waals surface area contributed by atoms with Gasteiger partial charge in [0, 0.05) is 26.5 Å². The third-order valence-electron chi connectivity index (χ3n) is 6.99. The second-order valence-electron chi connectivity index (χ2n) is 9.21. The molecule has 36 heavy (non-hydrogen) atoms. The lowest BCUT2D eigenvalue weighted by atomic mass is 9.79. The number of amides is 1. The van der Waals surface area contributed by atoms with Crippen molar-refractivity contribution in [2.45, 2.75) is 37.8 Å². The van der Waals surface area contributed by atoms with Gasteiger partial charge in [-0.3, -0.25) is 4.79 Å². The fourth-order valence-corrected chi connectivity index (χ4v) is 6.37. The Balaban J connectivity index is 1.56. The van der Waals surface area contributed by atoms with Crippen molar-refractivity contribution in [3.05, 3.63) is 110 Å². The van der Waals surface area contributed by atoms with Gasteiger partial charge in [-0.05, 0) is 72.0 Å². The lowest BCUT2D eigenvalue weighted by Gasteiger charge is -2.35. The predicted molar refractivity (Wildman–Crippen MR) is 146 cm³/mol. The van der Waals surface area contributed by atoms with Crippen LogP contribution in [0.5, 0.6) is 0 Å². The SMILES string of the molecule is CCC1=C(c2cc(Cl)cc(Cl)c2)C(=O)N2CC(OC(=O)c3ccccc3)C[C@@]12Cc1ccc(Br)cc1. The summed E-state index contributed by atoms with van der Waals surface area (Å²) in [6.07, 6.45) is 1.39. The maximum Gasteiger partial charge on any atom is 0.338 e. The second-order valence-corrected chi connectivity index (χ2v) is 11.0. The Morgan fingerprint density at radius 2 is 1.72 bits per heavy atom. The van der Waals surface area contributed by atoms with Crippen molar-refractivity contribution < 1.29 is 14.3 Å². The summed E-state index contributed by atoms with van der Waals surface area (Å²) in [6, 6.07) is 22.3. The highest BCUT2D eigenvalue weighted by Crippen LogP contribution is 2.50. The lowest BCUT2D eigenvalue weighted by Crippen LogP contribution is -2.45. The first-order chi connectivity index (χ1) is 17.3. The number of nitrogens with zero attached hydrogens (tertiary/aromatic N) is 1. The Morgan fingerprint density at radius 3 is 2.36 bits per heavy atom. The van der Waals surface area contributed by atoms with E-state index in [2.05, 4.69) is 35.0 Å². The summed E-state index contributed by atoms with van der Waals surface area (Å²) >= 11 is 16.1. The van der Waals surface area contributed by atoms with Gasteiger partial charge in [-0.15, -0.1) is 0 Å². The van der Waals surface area contributed by atoms with E-state index in [1.54, 1.807) is 30.3 Å². The standard InChI is InChI=1S/C29H24BrCl2NO3/c1-2-25-26(20-12-22(31)14-23(32)13-20)27(34)33-17-24(36-28(35)19-6-4-3-5-7-19)16-29(25,33)15-18-8-10-21(30)11-9-18/h3-14,24H,2,15-17H2,1H3/t24?,29-/m0/s1. The fraction of sp³-hybridized carbons (Fsp3) is 0.241. The number of benzene rings is 3. The summed E-state index contributed by atoms with van der Waals surface area (Å²) in [4.78, 5) is 28.7. The van der Waals surface area contributed by atoms with Crippen LogP contribution in [0.2, 0.25) is 10.0 Å². The molecule has 3 aromatic rings. The van der Waals surface area contributed by atoms with Crippen molar-refractivity contribution in [3.63, 3.8) is 0 Å². The van der Waals surface area contributed by atoms with E-state index >= 15 is 0 Å². The Labute approximate surface area is 229 Å². The molecule has 2 atom stereocenters. The molecule has 1 saturated heterocycles. The molecule has 2 aliphatic heterocycles. The molecule has 0 radical (unpaired) electrons. The summed E-state index contributed by atoms with van der Waals surface area (Å²) in [6.45, 7) is 2.39. The van der Waals surface area contributed by atoms with Crippen LogP contribution in [-0.2, 0) is 16.0 Å². The van der Waals surface area contributed by atoms with Gasteiger partial charge in [0.25, 0.3) is 5.91 Å². The molecule has 1 amide bonds. The van der Waals surface area contributed by atoms with E-state index in [0.717, 1.165) is 21.2 Å². The highest BCUT2D eigenvalue weighted by molar-refractivity contribution is 9.10. The van der Waals surface area contributed by atoms with Gasteiger partial charge in [-0.2, -0.15) is 0 Å². The third-order valence-corrected chi connectivity index (χ3v) is 7.95. The molecule has 184 valence electrons. The van der Waals surface area contributed by atoms with Crippen molar-refractivity contribution in [2.75, 3.05) is 6.54 Å². The molecule has 0 N–H and O–H groups in total. The van der Waals surface area contributed by atoms with Crippen molar-refractivity contribution >= 4 is 56.6 Å². The number of hydrogen-bond donors (Lipinski definition) is 0. The first-order valence-electron chi connectivity index (χ1n) is 11.8. The minimum Gasteiger partial charge on any atom is -0.457 e. The number of halogens is 3. The number of hydrogen-bond acceptors (Lipinski definition) is 3. The van der Waals surface area contributed by atoms with E-state index in [9.17, 15) is 9.59 Å². The van der Waals surface area contributed by atoms with Gasteiger partial charge < -0.3 is 9.64 Å². The quantitative estimate of drug-likeness (QED) is 0.284. The summed E-state index contributed by atoms with van der Waals surface area (Å²) in [5, 5.41) is 0.967. The molecule has 0 aromatic heterocycles. The maximum atomic E-state index is 14.0. The maximum absolute atomic E-state index is 14.0. The van der Waals surface area contributed by atoms with E-state index in [-0.39, 0.29) is 11.9 Å². The highest BCUT2D eigenvalue weighted by atomic mass is 79.9. The molecular weight excluding hydrogens is 561 g/mol. The summed E-state index contributed by atoms with van der Waals surface area (Å²) in [7, 11) is 0. The number of carbonyl (C=O) groups excluding carboxylic acids is 2. The van der Waals surface area contributed by atoms with Crippen LogP contribution in [0.1, 0.15) is 41.3 Å². The van der Waals surface area contributed by atoms with Crippen molar-refractivity contribution in [1.29, 1.82) is 0 Å². The molecule has 0 bridgehead atoms. The van der Waals surface area contributed by atoms with Crippen LogP contribution in [0.15, 0.2) is 82.8 Å². The number of rotatable bonds is 6. The molecule has 5 rings (SSSR count). The van der Waals surface area contributed by atoms with Crippen LogP contribution in [0.3, 0.4) is 0 Å². The van der Waals surface area contributed by atoms with Gasteiger partial charge in [0.05, 0.1) is 17.6 Å².